The molecule has 2 unspecified atom stereocenters. The molecule has 0 saturated heterocycles. The standard InChI is InChI=1S/C16H27N3O2/c1-12(11-13-7-5-6-8-14(13)21-4)19(3)10-9-16(2,18)15(17)20/h5-8,12H,9-11,18H2,1-4H3,(H2,17,20). The molecule has 0 fully saturated rings. The van der Waals surface area contributed by atoms with Crippen molar-refractivity contribution in [3.05, 3.63) is 29.8 Å². The van der Waals surface area contributed by atoms with Crippen molar-refractivity contribution in [2.24, 2.45) is 11.5 Å². The highest BCUT2D eigenvalue weighted by Crippen LogP contribution is 2.20. The van der Waals surface area contributed by atoms with E-state index in [1.54, 1.807) is 14.0 Å². The second-order valence-electron chi connectivity index (χ2n) is 5.88. The summed E-state index contributed by atoms with van der Waals surface area (Å²) in [4.78, 5) is 13.4. The number of carbonyl (C=O) groups excluding carboxylic acids is 1. The van der Waals surface area contributed by atoms with Crippen LogP contribution >= 0.6 is 0 Å². The van der Waals surface area contributed by atoms with Gasteiger partial charge in [0.2, 0.25) is 5.91 Å². The zero-order valence-electron chi connectivity index (χ0n) is 13.4. The lowest BCUT2D eigenvalue weighted by atomic mass is 9.97. The van der Waals surface area contributed by atoms with Crippen LogP contribution in [0.4, 0.5) is 0 Å². The van der Waals surface area contributed by atoms with Gasteiger partial charge >= 0.3 is 0 Å². The number of hydrogen-bond acceptors (Lipinski definition) is 4. The molecule has 0 saturated carbocycles. The van der Waals surface area contributed by atoms with Crippen molar-refractivity contribution in [2.45, 2.75) is 38.3 Å². The zero-order chi connectivity index (χ0) is 16.0. The lowest BCUT2D eigenvalue weighted by Gasteiger charge is -2.29. The van der Waals surface area contributed by atoms with Crippen LogP contribution in [0, 0.1) is 0 Å². The van der Waals surface area contributed by atoms with E-state index in [1.165, 1.54) is 5.56 Å². The predicted molar refractivity (Wildman–Crippen MR) is 85.2 cm³/mol. The Balaban J connectivity index is 2.59. The molecule has 5 heteroatoms. The molecule has 118 valence electrons. The number of nitrogens with zero attached hydrogens (tertiary/aromatic N) is 1. The first kappa shape index (κ1) is 17.5. The number of para-hydroxylation sites is 1. The zero-order valence-corrected chi connectivity index (χ0v) is 13.4. The number of carbonyl (C=O) groups is 1. The van der Waals surface area contributed by atoms with E-state index in [0.29, 0.717) is 19.0 Å². The molecule has 0 radical (unpaired) electrons. The highest BCUT2D eigenvalue weighted by atomic mass is 16.5. The van der Waals surface area contributed by atoms with Gasteiger partial charge in [-0.05, 0) is 45.4 Å². The van der Waals surface area contributed by atoms with Crippen LogP contribution in [0.3, 0.4) is 0 Å². The van der Waals surface area contributed by atoms with Crippen molar-refractivity contribution >= 4 is 5.91 Å². The lowest BCUT2D eigenvalue weighted by molar-refractivity contribution is -0.122. The van der Waals surface area contributed by atoms with Gasteiger partial charge in [0.05, 0.1) is 12.6 Å². The molecule has 0 aromatic heterocycles. The van der Waals surface area contributed by atoms with Crippen LogP contribution in [0.5, 0.6) is 5.75 Å². The molecular weight excluding hydrogens is 266 g/mol. The van der Waals surface area contributed by atoms with Crippen LogP contribution in [-0.2, 0) is 11.2 Å². The number of methoxy groups -OCH3 is 1. The molecule has 2 atom stereocenters. The summed E-state index contributed by atoms with van der Waals surface area (Å²) in [6.45, 7) is 4.53. The van der Waals surface area contributed by atoms with Crippen molar-refractivity contribution in [1.29, 1.82) is 0 Å². The Morgan fingerprint density at radius 1 is 1.43 bits per heavy atom. The van der Waals surface area contributed by atoms with E-state index < -0.39 is 11.4 Å². The molecule has 0 spiro atoms. The van der Waals surface area contributed by atoms with Gasteiger partial charge in [-0.1, -0.05) is 18.2 Å². The van der Waals surface area contributed by atoms with Crippen LogP contribution in [0.1, 0.15) is 25.8 Å². The minimum absolute atomic E-state index is 0.310. The quantitative estimate of drug-likeness (QED) is 0.753. The molecule has 0 aliphatic rings. The number of benzene rings is 1. The Morgan fingerprint density at radius 3 is 2.62 bits per heavy atom. The van der Waals surface area contributed by atoms with E-state index in [-0.39, 0.29) is 0 Å². The van der Waals surface area contributed by atoms with E-state index >= 15 is 0 Å². The number of primary amides is 1. The van der Waals surface area contributed by atoms with Gasteiger partial charge in [0.1, 0.15) is 5.75 Å². The first-order valence-electron chi connectivity index (χ1n) is 7.19. The Labute approximate surface area is 127 Å². The van der Waals surface area contributed by atoms with E-state index in [2.05, 4.69) is 17.9 Å². The average molecular weight is 293 g/mol. The van der Waals surface area contributed by atoms with Crippen LogP contribution in [0.25, 0.3) is 0 Å². The summed E-state index contributed by atoms with van der Waals surface area (Å²) in [5, 5.41) is 0. The maximum absolute atomic E-state index is 11.2. The minimum atomic E-state index is -0.960. The van der Waals surface area contributed by atoms with Crippen LogP contribution < -0.4 is 16.2 Å². The second kappa shape index (κ2) is 7.43. The SMILES string of the molecule is COc1ccccc1CC(C)N(C)CCC(C)(N)C(N)=O. The largest absolute Gasteiger partial charge is 0.496 e. The van der Waals surface area contributed by atoms with Gasteiger partial charge in [-0.25, -0.2) is 0 Å². The summed E-state index contributed by atoms with van der Waals surface area (Å²) in [7, 11) is 3.71. The summed E-state index contributed by atoms with van der Waals surface area (Å²) in [5.41, 5.74) is 11.4. The summed E-state index contributed by atoms with van der Waals surface area (Å²) >= 11 is 0. The first-order valence-corrected chi connectivity index (χ1v) is 7.19. The Kier molecular flexibility index (Phi) is 6.18. The fourth-order valence-electron chi connectivity index (χ4n) is 2.10. The van der Waals surface area contributed by atoms with E-state index in [9.17, 15) is 4.79 Å². The fraction of sp³-hybridized carbons (Fsp3) is 0.562. The molecule has 1 aromatic rings. The highest BCUT2D eigenvalue weighted by Gasteiger charge is 2.26. The maximum Gasteiger partial charge on any atom is 0.237 e. The molecular formula is C16H27N3O2. The summed E-state index contributed by atoms with van der Waals surface area (Å²) in [6, 6.07) is 8.31. The Morgan fingerprint density at radius 2 is 2.05 bits per heavy atom. The van der Waals surface area contributed by atoms with Crippen molar-refractivity contribution in [1.82, 2.24) is 4.90 Å². The number of ether oxygens (including phenoxy) is 1. The lowest BCUT2D eigenvalue weighted by Crippen LogP contribution is -2.51. The first-order chi connectivity index (χ1) is 9.77. The van der Waals surface area contributed by atoms with Crippen LogP contribution in [0.2, 0.25) is 0 Å². The van der Waals surface area contributed by atoms with Crippen molar-refractivity contribution in [3.8, 4) is 5.75 Å². The second-order valence-corrected chi connectivity index (χ2v) is 5.88. The number of nitrogens with two attached hydrogens (primary N) is 2. The molecule has 21 heavy (non-hydrogen) atoms. The van der Waals surface area contributed by atoms with Crippen LogP contribution in [-0.4, -0.2) is 43.1 Å². The third-order valence-electron chi connectivity index (χ3n) is 4.01. The van der Waals surface area contributed by atoms with Crippen LogP contribution in [0.15, 0.2) is 24.3 Å². The van der Waals surface area contributed by atoms with E-state index in [0.717, 1.165) is 12.2 Å². The third-order valence-corrected chi connectivity index (χ3v) is 4.01. The number of hydrogen-bond donors (Lipinski definition) is 2. The minimum Gasteiger partial charge on any atom is -0.496 e. The molecule has 4 N–H and O–H groups in total. The number of amides is 1. The van der Waals surface area contributed by atoms with Crippen molar-refractivity contribution in [2.75, 3.05) is 20.7 Å². The molecule has 1 amide bonds. The van der Waals surface area contributed by atoms with Crippen molar-refractivity contribution < 1.29 is 9.53 Å². The highest BCUT2D eigenvalue weighted by molar-refractivity contribution is 5.83. The molecule has 0 aliphatic carbocycles. The third kappa shape index (κ3) is 5.02. The molecule has 0 bridgehead atoms. The van der Waals surface area contributed by atoms with Gasteiger partial charge in [-0.15, -0.1) is 0 Å². The smallest absolute Gasteiger partial charge is 0.237 e. The predicted octanol–water partition coefficient (Wildman–Crippen LogP) is 1.15. The van der Waals surface area contributed by atoms with E-state index in [4.69, 9.17) is 16.2 Å². The summed E-state index contributed by atoms with van der Waals surface area (Å²) in [5.74, 6) is 0.437. The summed E-state index contributed by atoms with van der Waals surface area (Å²) < 4.78 is 5.37. The average Bonchev–Trinajstić information content (AvgIpc) is 2.45. The molecule has 0 aliphatic heterocycles. The van der Waals surface area contributed by atoms with Crippen molar-refractivity contribution in [3.63, 3.8) is 0 Å². The molecule has 1 rings (SSSR count). The summed E-state index contributed by atoms with van der Waals surface area (Å²) in [6.07, 6.45) is 1.41. The van der Waals surface area contributed by atoms with Gasteiger partial charge < -0.3 is 21.1 Å². The number of likely N-dealkylation sites (N-methyl/N-ethyl adjacent to an activating group) is 1. The monoisotopic (exact) mass is 293 g/mol. The normalized spacial score (nSPS) is 15.5. The van der Waals surface area contributed by atoms with Gasteiger partial charge in [0, 0.05) is 12.6 Å². The van der Waals surface area contributed by atoms with E-state index in [1.807, 2.05) is 25.2 Å². The topological polar surface area (TPSA) is 81.6 Å². The van der Waals surface area contributed by atoms with Gasteiger partial charge in [-0.2, -0.15) is 0 Å². The molecule has 1 aromatic carbocycles. The number of rotatable bonds is 8. The fourth-order valence-corrected chi connectivity index (χ4v) is 2.10. The maximum atomic E-state index is 11.2. The van der Waals surface area contributed by atoms with Gasteiger partial charge in [0.25, 0.3) is 0 Å². The Bertz CT molecular complexity index is 474. The van der Waals surface area contributed by atoms with Gasteiger partial charge in [-0.3, -0.25) is 4.79 Å². The van der Waals surface area contributed by atoms with Gasteiger partial charge in [0.15, 0.2) is 0 Å². The Hall–Kier alpha value is -1.59. The molecule has 5 nitrogen and oxygen atoms in total. The molecule has 0 heterocycles.